The number of rotatable bonds is 6. The van der Waals surface area contributed by atoms with Crippen LogP contribution in [0.2, 0.25) is 0 Å². The molecule has 1 unspecified atom stereocenters. The molecule has 3 rings (SSSR count). The third-order valence-corrected chi connectivity index (χ3v) is 4.28. The van der Waals surface area contributed by atoms with E-state index in [1.807, 2.05) is 49.3 Å². The second kappa shape index (κ2) is 8.95. The van der Waals surface area contributed by atoms with Crippen molar-refractivity contribution in [3.05, 3.63) is 72.3 Å². The van der Waals surface area contributed by atoms with Crippen LogP contribution >= 0.6 is 0 Å². The second-order valence-electron chi connectivity index (χ2n) is 6.89. The molecule has 2 N–H and O–H groups in total. The zero-order valence-corrected chi connectivity index (χ0v) is 16.4. The molecule has 30 heavy (non-hydrogen) atoms. The molecule has 1 atom stereocenters. The van der Waals surface area contributed by atoms with Gasteiger partial charge in [-0.25, -0.2) is 14.5 Å². The highest BCUT2D eigenvalue weighted by molar-refractivity contribution is 5.89. The van der Waals surface area contributed by atoms with E-state index in [0.29, 0.717) is 6.54 Å². The summed E-state index contributed by atoms with van der Waals surface area (Å²) in [7, 11) is 3.74. The molecule has 3 aromatic rings. The fourth-order valence-corrected chi connectivity index (χ4v) is 2.98. The Balaban J connectivity index is 1.80. The molecule has 7 nitrogen and oxygen atoms in total. The molecule has 1 heterocycles. The number of alkyl halides is 3. The average Bonchev–Trinajstić information content (AvgIpc) is 3.22. The molecule has 1 aromatic heterocycles. The third kappa shape index (κ3) is 5.35. The Bertz CT molecular complexity index is 974. The number of nitrogens with zero attached hydrogens (tertiary/aromatic N) is 4. The van der Waals surface area contributed by atoms with E-state index in [4.69, 9.17) is 0 Å². The quantitative estimate of drug-likeness (QED) is 0.640. The van der Waals surface area contributed by atoms with Crippen LogP contribution in [0, 0.1) is 0 Å². The highest BCUT2D eigenvalue weighted by atomic mass is 19.4. The number of carbonyl (C=O) groups excluding carboxylic acids is 1. The van der Waals surface area contributed by atoms with Gasteiger partial charge in [0.15, 0.2) is 0 Å². The van der Waals surface area contributed by atoms with E-state index < -0.39 is 17.8 Å². The van der Waals surface area contributed by atoms with E-state index in [1.165, 1.54) is 18.5 Å². The molecule has 0 saturated carbocycles. The van der Waals surface area contributed by atoms with Gasteiger partial charge in [-0.05, 0) is 37.9 Å². The van der Waals surface area contributed by atoms with Crippen LogP contribution < -0.4 is 10.6 Å². The molecule has 2 aromatic carbocycles. The topological polar surface area (TPSA) is 75.1 Å². The molecule has 10 heteroatoms. The Labute approximate surface area is 171 Å². The fraction of sp³-hybridized carbons (Fsp3) is 0.250. The van der Waals surface area contributed by atoms with Crippen molar-refractivity contribution in [3.63, 3.8) is 0 Å². The molecule has 0 radical (unpaired) electrons. The Kier molecular flexibility index (Phi) is 6.36. The second-order valence-corrected chi connectivity index (χ2v) is 6.89. The maximum absolute atomic E-state index is 13.5. The largest absolute Gasteiger partial charge is 0.418 e. The van der Waals surface area contributed by atoms with Gasteiger partial charge in [-0.2, -0.15) is 18.3 Å². The number of urea groups is 1. The van der Waals surface area contributed by atoms with Gasteiger partial charge in [-0.1, -0.05) is 30.3 Å². The molecular weight excluding hydrogens is 397 g/mol. The maximum Gasteiger partial charge on any atom is 0.418 e. The summed E-state index contributed by atoms with van der Waals surface area (Å²) in [4.78, 5) is 18.1. The lowest BCUT2D eigenvalue weighted by molar-refractivity contribution is -0.137. The van der Waals surface area contributed by atoms with Crippen LogP contribution in [0.1, 0.15) is 17.2 Å². The van der Waals surface area contributed by atoms with Gasteiger partial charge in [0.2, 0.25) is 0 Å². The molecule has 0 spiro atoms. The van der Waals surface area contributed by atoms with E-state index in [0.717, 1.165) is 22.6 Å². The Morgan fingerprint density at radius 3 is 2.50 bits per heavy atom. The minimum absolute atomic E-state index is 0.0142. The lowest BCUT2D eigenvalue weighted by Crippen LogP contribution is -2.37. The number of carbonyl (C=O) groups is 1. The molecule has 0 fully saturated rings. The number of likely N-dealkylation sites (N-methyl/N-ethyl adjacent to an activating group) is 1. The minimum Gasteiger partial charge on any atom is -0.330 e. The molecular formula is C20H21F3N6O. The smallest absolute Gasteiger partial charge is 0.330 e. The van der Waals surface area contributed by atoms with Gasteiger partial charge in [-0.3, -0.25) is 0 Å². The van der Waals surface area contributed by atoms with Crippen LogP contribution in [0.5, 0.6) is 0 Å². The zero-order valence-electron chi connectivity index (χ0n) is 16.4. The molecule has 2 amide bonds. The van der Waals surface area contributed by atoms with Gasteiger partial charge < -0.3 is 15.5 Å². The van der Waals surface area contributed by atoms with Gasteiger partial charge in [0.05, 0.1) is 17.3 Å². The molecule has 0 saturated heterocycles. The maximum atomic E-state index is 13.5. The minimum atomic E-state index is -4.63. The number of halogens is 3. The summed E-state index contributed by atoms with van der Waals surface area (Å²) >= 11 is 0. The summed E-state index contributed by atoms with van der Waals surface area (Å²) in [6.07, 6.45) is -2.31. The Morgan fingerprint density at radius 1 is 1.17 bits per heavy atom. The van der Waals surface area contributed by atoms with Gasteiger partial charge in [-0.15, -0.1) is 0 Å². The molecule has 158 valence electrons. The van der Waals surface area contributed by atoms with Crippen LogP contribution in [0.3, 0.4) is 0 Å². The standard InChI is InChI=1S/C20H21F3N6O/c1-28(2)11-17(14-6-4-3-5-7-14)27-19(30)26-15-8-9-18(29-13-24-12-25-29)16(10-15)20(21,22)23/h3-10,12-13,17H,11H2,1-2H3,(H2,26,27,30). The van der Waals surface area contributed by atoms with Crippen LogP contribution in [0.15, 0.2) is 61.2 Å². The van der Waals surface area contributed by atoms with Crippen LogP contribution in [0.25, 0.3) is 5.69 Å². The first-order valence-corrected chi connectivity index (χ1v) is 9.07. The number of amides is 2. The Hall–Kier alpha value is -3.40. The van der Waals surface area contributed by atoms with Crippen molar-refractivity contribution in [1.29, 1.82) is 0 Å². The molecule has 0 aliphatic heterocycles. The van der Waals surface area contributed by atoms with E-state index in [1.54, 1.807) is 0 Å². The number of nitrogens with one attached hydrogen (secondary N) is 2. The van der Waals surface area contributed by atoms with Gasteiger partial charge in [0.25, 0.3) is 0 Å². The van der Waals surface area contributed by atoms with Crippen LogP contribution in [-0.4, -0.2) is 46.3 Å². The normalized spacial score (nSPS) is 12.6. The summed E-state index contributed by atoms with van der Waals surface area (Å²) in [5.74, 6) is 0. The first-order chi connectivity index (χ1) is 14.2. The molecule has 0 bridgehead atoms. The highest BCUT2D eigenvalue weighted by Crippen LogP contribution is 2.35. The van der Waals surface area contributed by atoms with Crippen molar-refractivity contribution in [1.82, 2.24) is 25.0 Å². The number of anilines is 1. The summed E-state index contributed by atoms with van der Waals surface area (Å²) in [6.45, 7) is 0.524. The first-order valence-electron chi connectivity index (χ1n) is 9.07. The first kappa shape index (κ1) is 21.3. The van der Waals surface area contributed by atoms with E-state index in [2.05, 4.69) is 20.7 Å². The lowest BCUT2D eigenvalue weighted by atomic mass is 10.1. The van der Waals surface area contributed by atoms with Gasteiger partial charge in [0, 0.05) is 12.2 Å². The van der Waals surface area contributed by atoms with Crippen LogP contribution in [0.4, 0.5) is 23.7 Å². The Morgan fingerprint density at radius 2 is 1.90 bits per heavy atom. The van der Waals surface area contributed by atoms with Crippen molar-refractivity contribution in [3.8, 4) is 5.69 Å². The molecule has 0 aliphatic rings. The van der Waals surface area contributed by atoms with Crippen molar-refractivity contribution in [2.24, 2.45) is 0 Å². The monoisotopic (exact) mass is 418 g/mol. The van der Waals surface area contributed by atoms with E-state index in [9.17, 15) is 18.0 Å². The fourth-order valence-electron chi connectivity index (χ4n) is 2.98. The zero-order chi connectivity index (χ0) is 21.7. The number of benzene rings is 2. The summed E-state index contributed by atoms with van der Waals surface area (Å²) in [5.41, 5.74) is -0.210. The summed E-state index contributed by atoms with van der Waals surface area (Å²) in [5, 5.41) is 9.05. The van der Waals surface area contributed by atoms with Crippen molar-refractivity contribution in [2.75, 3.05) is 26.0 Å². The predicted molar refractivity (Wildman–Crippen MR) is 106 cm³/mol. The van der Waals surface area contributed by atoms with Crippen LogP contribution in [-0.2, 0) is 6.18 Å². The number of hydrogen-bond acceptors (Lipinski definition) is 4. The summed E-state index contributed by atoms with van der Waals surface area (Å²) in [6, 6.07) is 11.9. The predicted octanol–water partition coefficient (Wildman–Crippen LogP) is 3.71. The lowest BCUT2D eigenvalue weighted by Gasteiger charge is -2.23. The molecule has 0 aliphatic carbocycles. The van der Waals surface area contributed by atoms with Gasteiger partial charge in [0.1, 0.15) is 12.7 Å². The summed E-state index contributed by atoms with van der Waals surface area (Å²) < 4.78 is 41.6. The van der Waals surface area contributed by atoms with Gasteiger partial charge >= 0.3 is 12.2 Å². The van der Waals surface area contributed by atoms with Crippen molar-refractivity contribution >= 4 is 11.7 Å². The SMILES string of the molecule is CN(C)CC(NC(=O)Nc1ccc(-n2cncn2)c(C(F)(F)F)c1)c1ccccc1. The van der Waals surface area contributed by atoms with E-state index in [-0.39, 0.29) is 17.4 Å². The number of hydrogen-bond donors (Lipinski definition) is 2. The highest BCUT2D eigenvalue weighted by Gasteiger charge is 2.34. The van der Waals surface area contributed by atoms with E-state index >= 15 is 0 Å². The average molecular weight is 418 g/mol. The van der Waals surface area contributed by atoms with Crippen molar-refractivity contribution < 1.29 is 18.0 Å². The van der Waals surface area contributed by atoms with Crippen molar-refractivity contribution in [2.45, 2.75) is 12.2 Å². The number of aromatic nitrogens is 3. The third-order valence-electron chi connectivity index (χ3n) is 4.28.